The minimum Gasteiger partial charge on any atom is -0.269 e. The topological polar surface area (TPSA) is 37.4 Å². The molecular weight excluding hydrogens is 290 g/mol. The maximum absolute atomic E-state index is 12.3. The van der Waals surface area contributed by atoms with Crippen LogP contribution in [0.1, 0.15) is 5.56 Å². The largest absolute Gasteiger partial charge is 0.273 e. The molecule has 6 heteroatoms. The van der Waals surface area contributed by atoms with Gasteiger partial charge in [0, 0.05) is 12.1 Å². The molecule has 0 aliphatic rings. The van der Waals surface area contributed by atoms with Crippen molar-refractivity contribution in [2.45, 2.75) is 11.1 Å². The maximum Gasteiger partial charge on any atom is 0.273 e. The molecule has 0 bridgehead atoms. The number of sulfonamides is 1. The third-order valence-corrected chi connectivity index (χ3v) is 6.19. The van der Waals surface area contributed by atoms with Crippen LogP contribution in [0.4, 0.5) is 5.69 Å². The van der Waals surface area contributed by atoms with E-state index in [1.807, 2.05) is 6.92 Å². The lowest BCUT2D eigenvalue weighted by molar-refractivity contribution is 0.596. The number of anilines is 1. The normalized spacial score (nSPS) is 11.5. The van der Waals surface area contributed by atoms with Gasteiger partial charge in [0.1, 0.15) is 4.21 Å². The number of rotatable bonds is 3. The SMILES string of the molecule is Cc1ccc(N(C)S(=O)(=O)c2cccs2)cc1Cl. The van der Waals surface area contributed by atoms with Gasteiger partial charge in [-0.05, 0) is 36.1 Å². The zero-order chi connectivity index (χ0) is 13.3. The monoisotopic (exact) mass is 301 g/mol. The molecule has 0 spiro atoms. The number of hydrogen-bond donors (Lipinski definition) is 0. The maximum atomic E-state index is 12.3. The van der Waals surface area contributed by atoms with Crippen LogP contribution in [0.25, 0.3) is 0 Å². The van der Waals surface area contributed by atoms with Gasteiger partial charge in [0.2, 0.25) is 0 Å². The minimum atomic E-state index is -3.49. The Bertz CT molecular complexity index is 651. The van der Waals surface area contributed by atoms with Crippen molar-refractivity contribution in [2.75, 3.05) is 11.4 Å². The predicted octanol–water partition coefficient (Wildman–Crippen LogP) is 3.54. The molecule has 18 heavy (non-hydrogen) atoms. The zero-order valence-corrected chi connectivity index (χ0v) is 12.3. The van der Waals surface area contributed by atoms with E-state index in [9.17, 15) is 8.42 Å². The highest BCUT2D eigenvalue weighted by Gasteiger charge is 2.22. The van der Waals surface area contributed by atoms with Crippen LogP contribution in [0.3, 0.4) is 0 Å². The van der Waals surface area contributed by atoms with Crippen LogP contribution in [0, 0.1) is 6.92 Å². The van der Waals surface area contributed by atoms with E-state index in [1.165, 1.54) is 22.7 Å². The molecule has 0 atom stereocenters. The van der Waals surface area contributed by atoms with Crippen LogP contribution in [0.15, 0.2) is 39.9 Å². The average molecular weight is 302 g/mol. The fourth-order valence-corrected chi connectivity index (χ4v) is 3.98. The summed E-state index contributed by atoms with van der Waals surface area (Å²) in [4.78, 5) is 0. The highest BCUT2D eigenvalue weighted by molar-refractivity contribution is 7.94. The van der Waals surface area contributed by atoms with Gasteiger partial charge < -0.3 is 0 Å². The Morgan fingerprint density at radius 2 is 2.00 bits per heavy atom. The molecule has 0 unspecified atom stereocenters. The van der Waals surface area contributed by atoms with Crippen molar-refractivity contribution in [1.82, 2.24) is 0 Å². The second-order valence-corrected chi connectivity index (χ2v) is 7.39. The summed E-state index contributed by atoms with van der Waals surface area (Å²) < 4.78 is 26.1. The van der Waals surface area contributed by atoms with E-state index >= 15 is 0 Å². The van der Waals surface area contributed by atoms with Gasteiger partial charge in [-0.1, -0.05) is 23.7 Å². The first-order chi connectivity index (χ1) is 8.43. The van der Waals surface area contributed by atoms with Gasteiger partial charge in [0.15, 0.2) is 0 Å². The molecule has 3 nitrogen and oxygen atoms in total. The Kier molecular flexibility index (Phi) is 3.66. The van der Waals surface area contributed by atoms with Crippen LogP contribution in [-0.4, -0.2) is 15.5 Å². The number of benzene rings is 1. The summed E-state index contributed by atoms with van der Waals surface area (Å²) in [7, 11) is -1.96. The number of thiophene rings is 1. The molecule has 1 heterocycles. The molecule has 0 aliphatic carbocycles. The van der Waals surface area contributed by atoms with Gasteiger partial charge in [-0.25, -0.2) is 8.42 Å². The van der Waals surface area contributed by atoms with E-state index in [4.69, 9.17) is 11.6 Å². The zero-order valence-electron chi connectivity index (χ0n) is 9.92. The Hall–Kier alpha value is -1.04. The van der Waals surface area contributed by atoms with E-state index in [1.54, 1.807) is 35.7 Å². The molecule has 2 rings (SSSR count). The second kappa shape index (κ2) is 4.91. The lowest BCUT2D eigenvalue weighted by Gasteiger charge is -2.19. The molecule has 96 valence electrons. The predicted molar refractivity (Wildman–Crippen MR) is 76.1 cm³/mol. The van der Waals surface area contributed by atoms with Crippen molar-refractivity contribution in [3.8, 4) is 0 Å². The van der Waals surface area contributed by atoms with Crippen LogP contribution in [-0.2, 0) is 10.0 Å². The van der Waals surface area contributed by atoms with E-state index in [0.717, 1.165) is 5.56 Å². The molecule has 0 radical (unpaired) electrons. The van der Waals surface area contributed by atoms with Crippen LogP contribution < -0.4 is 4.31 Å². The van der Waals surface area contributed by atoms with Gasteiger partial charge in [-0.3, -0.25) is 4.31 Å². The number of aryl methyl sites for hydroxylation is 1. The molecule has 1 aromatic carbocycles. The number of hydrogen-bond acceptors (Lipinski definition) is 3. The first-order valence-electron chi connectivity index (χ1n) is 5.21. The highest BCUT2D eigenvalue weighted by atomic mass is 35.5. The molecule has 0 amide bonds. The summed E-state index contributed by atoms with van der Waals surface area (Å²) >= 11 is 7.21. The van der Waals surface area contributed by atoms with Gasteiger partial charge >= 0.3 is 0 Å². The van der Waals surface area contributed by atoms with Crippen molar-refractivity contribution in [3.05, 3.63) is 46.3 Å². The smallest absolute Gasteiger partial charge is 0.269 e. The molecule has 1 aromatic heterocycles. The Balaban J connectivity index is 2.43. The van der Waals surface area contributed by atoms with Crippen LogP contribution >= 0.6 is 22.9 Å². The third kappa shape index (κ3) is 2.39. The van der Waals surface area contributed by atoms with Gasteiger partial charge in [0.05, 0.1) is 5.69 Å². The van der Waals surface area contributed by atoms with Crippen molar-refractivity contribution < 1.29 is 8.42 Å². The minimum absolute atomic E-state index is 0.321. The fraction of sp³-hybridized carbons (Fsp3) is 0.167. The van der Waals surface area contributed by atoms with Gasteiger partial charge in [-0.15, -0.1) is 11.3 Å². The van der Waals surface area contributed by atoms with Crippen molar-refractivity contribution >= 4 is 38.6 Å². The van der Waals surface area contributed by atoms with Crippen molar-refractivity contribution in [3.63, 3.8) is 0 Å². The van der Waals surface area contributed by atoms with Crippen molar-refractivity contribution in [2.24, 2.45) is 0 Å². The Labute approximate surface area is 116 Å². The molecule has 0 fully saturated rings. The summed E-state index contributed by atoms with van der Waals surface area (Å²) in [6.07, 6.45) is 0. The quantitative estimate of drug-likeness (QED) is 0.869. The second-order valence-electron chi connectivity index (χ2n) is 3.84. The summed E-state index contributed by atoms with van der Waals surface area (Å²) in [5.74, 6) is 0. The Morgan fingerprint density at radius 1 is 1.28 bits per heavy atom. The Morgan fingerprint density at radius 3 is 2.56 bits per heavy atom. The summed E-state index contributed by atoms with van der Waals surface area (Å²) in [6, 6.07) is 8.51. The number of nitrogens with zero attached hydrogens (tertiary/aromatic N) is 1. The summed E-state index contributed by atoms with van der Waals surface area (Å²) in [6.45, 7) is 1.87. The lowest BCUT2D eigenvalue weighted by atomic mass is 10.2. The van der Waals surface area contributed by atoms with Crippen molar-refractivity contribution in [1.29, 1.82) is 0 Å². The van der Waals surface area contributed by atoms with E-state index in [0.29, 0.717) is 14.9 Å². The molecule has 0 saturated carbocycles. The molecular formula is C12H12ClNO2S2. The fourth-order valence-electron chi connectivity index (χ4n) is 1.46. The number of halogens is 1. The first-order valence-corrected chi connectivity index (χ1v) is 7.91. The highest BCUT2D eigenvalue weighted by Crippen LogP contribution is 2.28. The lowest BCUT2D eigenvalue weighted by Crippen LogP contribution is -2.25. The molecule has 0 saturated heterocycles. The summed E-state index contributed by atoms with van der Waals surface area (Å²) in [5, 5.41) is 2.30. The van der Waals surface area contributed by atoms with Crippen LogP contribution in [0.2, 0.25) is 5.02 Å². The van der Waals surface area contributed by atoms with Crippen LogP contribution in [0.5, 0.6) is 0 Å². The van der Waals surface area contributed by atoms with E-state index in [2.05, 4.69) is 0 Å². The molecule has 2 aromatic rings. The van der Waals surface area contributed by atoms with E-state index in [-0.39, 0.29) is 0 Å². The summed E-state index contributed by atoms with van der Waals surface area (Å²) in [5.41, 5.74) is 1.47. The van der Waals surface area contributed by atoms with E-state index < -0.39 is 10.0 Å². The first kappa shape index (κ1) is 13.4. The molecule has 0 aliphatic heterocycles. The standard InChI is InChI=1S/C12H12ClNO2S2/c1-9-5-6-10(8-11(9)13)14(2)18(15,16)12-4-3-7-17-12/h3-8H,1-2H3. The average Bonchev–Trinajstić information content (AvgIpc) is 2.86. The van der Waals surface area contributed by atoms with Gasteiger partial charge in [-0.2, -0.15) is 0 Å². The molecule has 0 N–H and O–H groups in total. The van der Waals surface area contributed by atoms with Gasteiger partial charge in [0.25, 0.3) is 10.0 Å². The third-order valence-electron chi connectivity index (χ3n) is 2.63.